The maximum Gasteiger partial charge on any atom is 0.270 e. The van der Waals surface area contributed by atoms with Gasteiger partial charge in [-0.1, -0.05) is 6.07 Å². The molecule has 0 saturated carbocycles. The number of pyridine rings is 1. The highest BCUT2D eigenvalue weighted by molar-refractivity contribution is 6.09. The van der Waals surface area contributed by atoms with Crippen molar-refractivity contribution in [2.45, 2.75) is 13.8 Å². The molecule has 0 spiro atoms. The summed E-state index contributed by atoms with van der Waals surface area (Å²) in [6.45, 7) is 4.41. The van der Waals surface area contributed by atoms with E-state index < -0.39 is 0 Å². The summed E-state index contributed by atoms with van der Waals surface area (Å²) in [6, 6.07) is 5.58. The first-order valence-electron chi connectivity index (χ1n) is 5.57. The van der Waals surface area contributed by atoms with Gasteiger partial charge in [0.15, 0.2) is 0 Å². The quantitative estimate of drug-likeness (QED) is 0.772. The zero-order valence-electron chi connectivity index (χ0n) is 9.95. The number of benzene rings is 1. The van der Waals surface area contributed by atoms with Crippen LogP contribution in [-0.2, 0) is 0 Å². The van der Waals surface area contributed by atoms with E-state index >= 15 is 0 Å². The first-order chi connectivity index (χ1) is 8.15. The van der Waals surface area contributed by atoms with Gasteiger partial charge in [-0.25, -0.2) is 0 Å². The number of aryl methyl sites for hydroxylation is 1. The molecule has 0 unspecified atom stereocenters. The number of amides is 1. The summed E-state index contributed by atoms with van der Waals surface area (Å²) < 4.78 is 0. The van der Waals surface area contributed by atoms with E-state index in [-0.39, 0.29) is 5.91 Å². The average Bonchev–Trinajstić information content (AvgIpc) is 2.34. The van der Waals surface area contributed by atoms with Crippen molar-refractivity contribution in [2.75, 3.05) is 12.3 Å². The molecule has 0 atom stereocenters. The Morgan fingerprint density at radius 1 is 1.41 bits per heavy atom. The summed E-state index contributed by atoms with van der Waals surface area (Å²) in [7, 11) is 0. The number of hydrogen-bond donors (Lipinski definition) is 2. The summed E-state index contributed by atoms with van der Waals surface area (Å²) in [4.78, 5) is 16.1. The smallest absolute Gasteiger partial charge is 0.270 e. The first kappa shape index (κ1) is 11.4. The predicted octanol–water partition coefficient (Wildman–Crippen LogP) is 1.88. The molecule has 1 aromatic carbocycles. The molecule has 3 N–H and O–H groups in total. The highest BCUT2D eigenvalue weighted by Gasteiger charge is 2.13. The molecular weight excluding hydrogens is 214 g/mol. The Kier molecular flexibility index (Phi) is 2.95. The van der Waals surface area contributed by atoms with Gasteiger partial charge in [-0.15, -0.1) is 0 Å². The van der Waals surface area contributed by atoms with Crippen LogP contribution in [0.4, 0.5) is 5.69 Å². The molecule has 88 valence electrons. The molecule has 0 saturated heterocycles. The van der Waals surface area contributed by atoms with E-state index in [4.69, 9.17) is 5.73 Å². The number of fused-ring (bicyclic) bond motifs is 1. The minimum Gasteiger partial charge on any atom is -0.398 e. The fourth-order valence-corrected chi connectivity index (χ4v) is 1.91. The maximum absolute atomic E-state index is 11.9. The second-order valence-corrected chi connectivity index (χ2v) is 3.91. The summed E-state index contributed by atoms with van der Waals surface area (Å²) in [5.41, 5.74) is 8.02. The maximum atomic E-state index is 11.9. The number of carbonyl (C=O) groups is 1. The van der Waals surface area contributed by atoms with E-state index in [0.717, 1.165) is 16.3 Å². The number of hydrogen-bond acceptors (Lipinski definition) is 3. The Balaban J connectivity index is 2.72. The number of rotatable bonds is 2. The SMILES string of the molecule is CCNC(=O)c1nccc2c(N)ccc(C)c12. The van der Waals surface area contributed by atoms with Crippen LogP contribution in [0.25, 0.3) is 10.8 Å². The molecule has 0 aliphatic heterocycles. The molecule has 1 aromatic heterocycles. The van der Waals surface area contributed by atoms with Crippen LogP contribution in [0.15, 0.2) is 24.4 Å². The molecule has 17 heavy (non-hydrogen) atoms. The van der Waals surface area contributed by atoms with Gasteiger partial charge in [0.25, 0.3) is 5.91 Å². The monoisotopic (exact) mass is 229 g/mol. The molecular formula is C13H15N3O. The van der Waals surface area contributed by atoms with Crippen LogP contribution >= 0.6 is 0 Å². The average molecular weight is 229 g/mol. The first-order valence-corrected chi connectivity index (χ1v) is 5.57. The number of nitrogens with one attached hydrogen (secondary N) is 1. The lowest BCUT2D eigenvalue weighted by molar-refractivity contribution is 0.0952. The summed E-state index contributed by atoms with van der Waals surface area (Å²) >= 11 is 0. The largest absolute Gasteiger partial charge is 0.398 e. The third kappa shape index (κ3) is 1.93. The third-order valence-electron chi connectivity index (χ3n) is 2.72. The van der Waals surface area contributed by atoms with Crippen molar-refractivity contribution in [1.82, 2.24) is 10.3 Å². The Labute approximate surface area is 99.8 Å². The van der Waals surface area contributed by atoms with Gasteiger partial charge in [-0.3, -0.25) is 9.78 Å². The van der Waals surface area contributed by atoms with Gasteiger partial charge in [-0.2, -0.15) is 0 Å². The lowest BCUT2D eigenvalue weighted by atomic mass is 10.0. The van der Waals surface area contributed by atoms with Crippen LogP contribution < -0.4 is 11.1 Å². The number of nitrogen functional groups attached to an aromatic ring is 1. The van der Waals surface area contributed by atoms with E-state index in [2.05, 4.69) is 10.3 Å². The minimum absolute atomic E-state index is 0.160. The number of anilines is 1. The fraction of sp³-hybridized carbons (Fsp3) is 0.231. The van der Waals surface area contributed by atoms with Crippen LogP contribution in [0.2, 0.25) is 0 Å². The molecule has 1 heterocycles. The molecule has 4 heteroatoms. The van der Waals surface area contributed by atoms with Gasteiger partial charge in [0.1, 0.15) is 5.69 Å². The van der Waals surface area contributed by atoms with Gasteiger partial charge in [0.05, 0.1) is 0 Å². The van der Waals surface area contributed by atoms with E-state index in [1.54, 1.807) is 6.20 Å². The molecule has 2 rings (SSSR count). The Bertz CT molecular complexity index is 578. The highest BCUT2D eigenvalue weighted by Crippen LogP contribution is 2.26. The van der Waals surface area contributed by atoms with Crippen molar-refractivity contribution in [1.29, 1.82) is 0 Å². The van der Waals surface area contributed by atoms with Gasteiger partial charge in [0.2, 0.25) is 0 Å². The summed E-state index contributed by atoms with van der Waals surface area (Å²) in [5, 5.41) is 4.47. The minimum atomic E-state index is -0.160. The second-order valence-electron chi connectivity index (χ2n) is 3.91. The van der Waals surface area contributed by atoms with E-state index in [0.29, 0.717) is 17.9 Å². The second kappa shape index (κ2) is 4.41. The number of aromatic nitrogens is 1. The third-order valence-corrected chi connectivity index (χ3v) is 2.72. The van der Waals surface area contributed by atoms with E-state index in [1.165, 1.54) is 0 Å². The van der Waals surface area contributed by atoms with Crippen LogP contribution in [-0.4, -0.2) is 17.4 Å². The molecule has 0 aliphatic carbocycles. The van der Waals surface area contributed by atoms with Crippen LogP contribution in [0.1, 0.15) is 23.0 Å². The van der Waals surface area contributed by atoms with Gasteiger partial charge in [-0.05, 0) is 31.5 Å². The van der Waals surface area contributed by atoms with E-state index in [9.17, 15) is 4.79 Å². The van der Waals surface area contributed by atoms with Crippen LogP contribution in [0.3, 0.4) is 0 Å². The summed E-state index contributed by atoms with van der Waals surface area (Å²) in [6.07, 6.45) is 1.61. The molecule has 0 radical (unpaired) electrons. The fourth-order valence-electron chi connectivity index (χ4n) is 1.91. The van der Waals surface area contributed by atoms with Crippen molar-refractivity contribution >= 4 is 22.4 Å². The Morgan fingerprint density at radius 3 is 2.88 bits per heavy atom. The standard InChI is InChI=1S/C13H15N3O/c1-3-15-13(17)12-11-8(2)4-5-10(14)9(11)6-7-16-12/h4-7H,3,14H2,1-2H3,(H,15,17). The van der Waals surface area contributed by atoms with Gasteiger partial charge >= 0.3 is 0 Å². The van der Waals surface area contributed by atoms with Crippen molar-refractivity contribution in [3.05, 3.63) is 35.7 Å². The van der Waals surface area contributed by atoms with Crippen molar-refractivity contribution in [2.24, 2.45) is 0 Å². The van der Waals surface area contributed by atoms with E-state index in [1.807, 2.05) is 32.0 Å². The van der Waals surface area contributed by atoms with Gasteiger partial charge < -0.3 is 11.1 Å². The zero-order chi connectivity index (χ0) is 12.4. The number of nitrogens with two attached hydrogens (primary N) is 1. The highest BCUT2D eigenvalue weighted by atomic mass is 16.1. The molecule has 4 nitrogen and oxygen atoms in total. The molecule has 0 bridgehead atoms. The molecule has 0 fully saturated rings. The number of nitrogens with zero attached hydrogens (tertiary/aromatic N) is 1. The normalized spacial score (nSPS) is 10.5. The van der Waals surface area contributed by atoms with Gasteiger partial charge in [0, 0.05) is 29.2 Å². The Morgan fingerprint density at radius 2 is 2.18 bits per heavy atom. The van der Waals surface area contributed by atoms with Crippen molar-refractivity contribution < 1.29 is 4.79 Å². The van der Waals surface area contributed by atoms with Crippen LogP contribution in [0, 0.1) is 6.92 Å². The molecule has 0 aliphatic rings. The topological polar surface area (TPSA) is 68.0 Å². The lowest BCUT2D eigenvalue weighted by Crippen LogP contribution is -2.24. The zero-order valence-corrected chi connectivity index (χ0v) is 9.95. The molecule has 2 aromatic rings. The van der Waals surface area contributed by atoms with Crippen LogP contribution in [0.5, 0.6) is 0 Å². The molecule has 1 amide bonds. The lowest BCUT2D eigenvalue weighted by Gasteiger charge is -2.09. The van der Waals surface area contributed by atoms with Crippen molar-refractivity contribution in [3.63, 3.8) is 0 Å². The number of carbonyl (C=O) groups excluding carboxylic acids is 1. The Hall–Kier alpha value is -2.10. The predicted molar refractivity (Wildman–Crippen MR) is 68.9 cm³/mol. The van der Waals surface area contributed by atoms with Crippen molar-refractivity contribution in [3.8, 4) is 0 Å². The summed E-state index contributed by atoms with van der Waals surface area (Å²) in [5.74, 6) is -0.160.